The van der Waals surface area contributed by atoms with E-state index < -0.39 is 18.8 Å². The molecular weight excluding hydrogens is 237 g/mol. The third kappa shape index (κ3) is 3.02. The largest absolute Gasteiger partial charge is 0.416 e. The molecule has 0 aliphatic rings. The molecule has 0 saturated carbocycles. The zero-order chi connectivity index (χ0) is 13.2. The molecule has 1 aromatic heterocycles. The average Bonchev–Trinajstić information content (AvgIpc) is 2.50. The van der Waals surface area contributed by atoms with Gasteiger partial charge in [-0.25, -0.2) is 4.68 Å². The number of anilines is 2. The van der Waals surface area contributed by atoms with Gasteiger partial charge in [0.15, 0.2) is 6.10 Å². The predicted molar refractivity (Wildman–Crippen MR) is 57.6 cm³/mol. The fourth-order valence-electron chi connectivity index (χ4n) is 1.32. The highest BCUT2D eigenvalue weighted by Crippen LogP contribution is 2.24. The van der Waals surface area contributed by atoms with Gasteiger partial charge >= 0.3 is 6.18 Å². The molecule has 0 fully saturated rings. The van der Waals surface area contributed by atoms with E-state index in [4.69, 9.17) is 10.8 Å². The van der Waals surface area contributed by atoms with Crippen LogP contribution in [0.1, 0.15) is 12.6 Å². The first kappa shape index (κ1) is 13.6. The van der Waals surface area contributed by atoms with Crippen LogP contribution in [0.25, 0.3) is 0 Å². The minimum atomic E-state index is -4.64. The van der Waals surface area contributed by atoms with E-state index in [2.05, 4.69) is 10.4 Å². The molecule has 0 spiro atoms. The maximum Gasteiger partial charge on any atom is 0.416 e. The van der Waals surface area contributed by atoms with Gasteiger partial charge in [-0.2, -0.15) is 18.3 Å². The van der Waals surface area contributed by atoms with Gasteiger partial charge in [0.25, 0.3) is 0 Å². The summed E-state index contributed by atoms with van der Waals surface area (Å²) in [4.78, 5) is 0. The maximum absolute atomic E-state index is 12.1. The van der Waals surface area contributed by atoms with Crippen molar-refractivity contribution in [3.05, 3.63) is 5.69 Å². The molecule has 0 bridgehead atoms. The van der Waals surface area contributed by atoms with Crippen LogP contribution >= 0.6 is 0 Å². The van der Waals surface area contributed by atoms with E-state index in [1.807, 2.05) is 0 Å². The molecule has 8 heteroatoms. The van der Waals surface area contributed by atoms with Crippen LogP contribution in [0.3, 0.4) is 0 Å². The first-order valence-electron chi connectivity index (χ1n) is 5.08. The molecule has 98 valence electrons. The Morgan fingerprint density at radius 1 is 1.53 bits per heavy atom. The Bertz CT molecular complexity index is 388. The molecule has 0 amide bonds. The monoisotopic (exact) mass is 252 g/mol. The Kier molecular flexibility index (Phi) is 3.87. The van der Waals surface area contributed by atoms with Gasteiger partial charge < -0.3 is 16.2 Å². The highest BCUT2D eigenvalue weighted by atomic mass is 19.4. The normalized spacial score (nSPS) is 13.8. The van der Waals surface area contributed by atoms with Crippen LogP contribution in [0.5, 0.6) is 0 Å². The third-order valence-corrected chi connectivity index (χ3v) is 2.31. The van der Waals surface area contributed by atoms with E-state index in [0.717, 1.165) is 0 Å². The molecule has 0 saturated heterocycles. The standard InChI is InChI=1S/C9H15F3N4O/c1-3-16-8(7(13)5(2)15-16)14-4-6(17)9(10,11)12/h6,14,17H,3-4,13H2,1-2H3. The van der Waals surface area contributed by atoms with Crippen molar-refractivity contribution in [3.63, 3.8) is 0 Å². The SMILES string of the molecule is CCn1nc(C)c(N)c1NCC(O)C(F)(F)F. The molecule has 1 aromatic rings. The number of nitrogens with zero attached hydrogens (tertiary/aromatic N) is 2. The van der Waals surface area contributed by atoms with Crippen molar-refractivity contribution in [1.29, 1.82) is 0 Å². The molecule has 0 aliphatic carbocycles. The van der Waals surface area contributed by atoms with Crippen molar-refractivity contribution in [2.75, 3.05) is 17.6 Å². The molecule has 4 N–H and O–H groups in total. The number of nitrogens with two attached hydrogens (primary N) is 1. The number of aliphatic hydroxyl groups excluding tert-OH is 1. The number of alkyl halides is 3. The summed E-state index contributed by atoms with van der Waals surface area (Å²) >= 11 is 0. The smallest absolute Gasteiger partial charge is 0.394 e. The number of hydrogen-bond donors (Lipinski definition) is 3. The molecule has 0 radical (unpaired) electrons. The Morgan fingerprint density at radius 2 is 2.12 bits per heavy atom. The van der Waals surface area contributed by atoms with Gasteiger partial charge in [-0.1, -0.05) is 0 Å². The van der Waals surface area contributed by atoms with Gasteiger partial charge in [-0.15, -0.1) is 0 Å². The number of aromatic nitrogens is 2. The van der Waals surface area contributed by atoms with Crippen LogP contribution in [0.2, 0.25) is 0 Å². The Hall–Kier alpha value is -1.44. The minimum Gasteiger partial charge on any atom is -0.394 e. The average molecular weight is 252 g/mol. The van der Waals surface area contributed by atoms with E-state index in [0.29, 0.717) is 23.7 Å². The molecule has 17 heavy (non-hydrogen) atoms. The van der Waals surface area contributed by atoms with Crippen LogP contribution in [0.4, 0.5) is 24.7 Å². The number of hydrogen-bond acceptors (Lipinski definition) is 4. The lowest BCUT2D eigenvalue weighted by Gasteiger charge is -2.16. The van der Waals surface area contributed by atoms with Crippen LogP contribution in [0, 0.1) is 6.92 Å². The minimum absolute atomic E-state index is 0.293. The van der Waals surface area contributed by atoms with Gasteiger partial charge in [-0.05, 0) is 13.8 Å². The quantitative estimate of drug-likeness (QED) is 0.750. The topological polar surface area (TPSA) is 76.1 Å². The molecule has 0 aromatic carbocycles. The van der Waals surface area contributed by atoms with Crippen molar-refractivity contribution in [2.45, 2.75) is 32.7 Å². The third-order valence-electron chi connectivity index (χ3n) is 2.31. The Morgan fingerprint density at radius 3 is 2.59 bits per heavy atom. The number of nitrogens with one attached hydrogen (secondary N) is 1. The van der Waals surface area contributed by atoms with E-state index in [-0.39, 0.29) is 0 Å². The van der Waals surface area contributed by atoms with Crippen LogP contribution in [-0.2, 0) is 6.54 Å². The van der Waals surface area contributed by atoms with Gasteiger partial charge in [0.2, 0.25) is 0 Å². The van der Waals surface area contributed by atoms with Crippen LogP contribution in [0.15, 0.2) is 0 Å². The molecule has 1 atom stereocenters. The molecular formula is C9H15F3N4O. The maximum atomic E-state index is 12.1. The molecule has 5 nitrogen and oxygen atoms in total. The summed E-state index contributed by atoms with van der Waals surface area (Å²) in [5.41, 5.74) is 6.50. The summed E-state index contributed by atoms with van der Waals surface area (Å²) in [6, 6.07) is 0. The second kappa shape index (κ2) is 4.82. The van der Waals surface area contributed by atoms with E-state index in [1.54, 1.807) is 13.8 Å². The Balaban J connectivity index is 2.76. The molecule has 1 rings (SSSR count). The van der Waals surface area contributed by atoms with Crippen molar-refractivity contribution >= 4 is 11.5 Å². The van der Waals surface area contributed by atoms with Gasteiger partial charge in [-0.3, -0.25) is 0 Å². The lowest BCUT2D eigenvalue weighted by Crippen LogP contribution is -2.35. The lowest BCUT2D eigenvalue weighted by atomic mass is 10.3. The van der Waals surface area contributed by atoms with Gasteiger partial charge in [0, 0.05) is 6.54 Å². The fraction of sp³-hybridized carbons (Fsp3) is 0.667. The van der Waals surface area contributed by atoms with Crippen LogP contribution < -0.4 is 11.1 Å². The zero-order valence-corrected chi connectivity index (χ0v) is 9.54. The first-order valence-corrected chi connectivity index (χ1v) is 5.08. The van der Waals surface area contributed by atoms with Gasteiger partial charge in [0.1, 0.15) is 5.82 Å². The number of aryl methyl sites for hydroxylation is 2. The summed E-state index contributed by atoms with van der Waals surface area (Å²) < 4.78 is 37.7. The molecule has 1 unspecified atom stereocenters. The zero-order valence-electron chi connectivity index (χ0n) is 9.54. The number of halogens is 3. The van der Waals surface area contributed by atoms with Crippen molar-refractivity contribution < 1.29 is 18.3 Å². The van der Waals surface area contributed by atoms with Crippen molar-refractivity contribution in [3.8, 4) is 0 Å². The first-order chi connectivity index (χ1) is 7.77. The molecule has 0 aliphatic heterocycles. The fourth-order valence-corrected chi connectivity index (χ4v) is 1.32. The van der Waals surface area contributed by atoms with Gasteiger partial charge in [0.05, 0.1) is 17.9 Å². The Labute approximate surface area is 96.4 Å². The van der Waals surface area contributed by atoms with E-state index in [1.165, 1.54) is 4.68 Å². The summed E-state index contributed by atoms with van der Waals surface area (Å²) in [6.45, 7) is 3.27. The number of nitrogen functional groups attached to an aromatic ring is 1. The predicted octanol–water partition coefficient (Wildman–Crippen LogP) is 1.13. The van der Waals surface area contributed by atoms with Crippen LogP contribution in [-0.4, -0.2) is 33.7 Å². The highest BCUT2D eigenvalue weighted by Gasteiger charge is 2.38. The second-order valence-electron chi connectivity index (χ2n) is 3.60. The molecule has 1 heterocycles. The van der Waals surface area contributed by atoms with E-state index >= 15 is 0 Å². The second-order valence-corrected chi connectivity index (χ2v) is 3.60. The summed E-state index contributed by atoms with van der Waals surface area (Å²) in [6.07, 6.45) is -7.07. The van der Waals surface area contributed by atoms with E-state index in [9.17, 15) is 13.2 Å². The van der Waals surface area contributed by atoms with Crippen molar-refractivity contribution in [1.82, 2.24) is 9.78 Å². The highest BCUT2D eigenvalue weighted by molar-refractivity contribution is 5.64. The summed E-state index contributed by atoms with van der Waals surface area (Å²) in [5.74, 6) is 0.299. The summed E-state index contributed by atoms with van der Waals surface area (Å²) in [7, 11) is 0. The lowest BCUT2D eigenvalue weighted by molar-refractivity contribution is -0.198. The van der Waals surface area contributed by atoms with Crippen molar-refractivity contribution in [2.24, 2.45) is 0 Å². The number of rotatable bonds is 4. The number of aliphatic hydroxyl groups is 1. The summed E-state index contributed by atoms with van der Waals surface area (Å²) in [5, 5.41) is 15.4.